The first-order chi connectivity index (χ1) is 9.69. The van der Waals surface area contributed by atoms with Crippen molar-refractivity contribution in [2.45, 2.75) is 6.42 Å². The summed E-state index contributed by atoms with van der Waals surface area (Å²) in [4.78, 5) is 25.3. The van der Waals surface area contributed by atoms with Crippen LogP contribution >= 0.6 is 0 Å². The van der Waals surface area contributed by atoms with Crippen LogP contribution in [0.1, 0.15) is 6.42 Å². The topological polar surface area (TPSA) is 52.6 Å². The molecular weight excluding hydrogens is 256 g/mol. The van der Waals surface area contributed by atoms with Crippen molar-refractivity contribution in [3.63, 3.8) is 0 Å². The first-order valence-electron chi connectivity index (χ1n) is 7.86. The highest BCUT2D eigenvalue weighted by atomic mass is 16.5. The summed E-state index contributed by atoms with van der Waals surface area (Å²) in [5, 5.41) is 0. The van der Waals surface area contributed by atoms with Crippen molar-refractivity contribution in [1.29, 1.82) is 0 Å². The molecule has 0 N–H and O–H groups in total. The molecule has 0 spiro atoms. The molecule has 0 amide bonds. The lowest BCUT2D eigenvalue weighted by Crippen LogP contribution is -2.46. The Hall–Kier alpha value is -1.06. The average molecular weight is 274 g/mol. The van der Waals surface area contributed by atoms with Gasteiger partial charge in [0, 0.05) is 0 Å². The van der Waals surface area contributed by atoms with Gasteiger partial charge in [0.1, 0.15) is 0 Å². The molecule has 0 aliphatic heterocycles. The zero-order valence-corrected chi connectivity index (χ0v) is 11.6. The number of esters is 2. The Labute approximate surface area is 117 Å². The van der Waals surface area contributed by atoms with Gasteiger partial charge in [-0.15, -0.1) is 0 Å². The van der Waals surface area contributed by atoms with E-state index in [1.807, 2.05) is 0 Å². The number of hydrogen-bond acceptors (Lipinski definition) is 4. The smallest absolute Gasteiger partial charge is 0.323 e. The van der Waals surface area contributed by atoms with Gasteiger partial charge in [0.25, 0.3) is 0 Å². The molecule has 0 heterocycles. The fraction of sp³-hybridized carbons (Fsp3) is 0.875. The van der Waals surface area contributed by atoms with Crippen LogP contribution in [0.4, 0.5) is 0 Å². The summed E-state index contributed by atoms with van der Waals surface area (Å²) in [6.45, 7) is 0. The lowest BCUT2D eigenvalue weighted by Gasteiger charge is -2.44. The highest BCUT2D eigenvalue weighted by Gasteiger charge is 2.95. The number of carbonyl (C=O) groups is 2. The number of hydrogen-bond donors (Lipinski definition) is 0. The lowest BCUT2D eigenvalue weighted by atomic mass is 9.60. The zero-order chi connectivity index (χ0) is 13.5. The van der Waals surface area contributed by atoms with Crippen molar-refractivity contribution >= 4 is 11.9 Å². The second-order valence-corrected chi connectivity index (χ2v) is 7.93. The van der Waals surface area contributed by atoms with Gasteiger partial charge in [-0.1, -0.05) is 0 Å². The molecule has 4 bridgehead atoms. The molecule has 10 atom stereocenters. The summed E-state index contributed by atoms with van der Waals surface area (Å²) in [5.41, 5.74) is -0.939. The van der Waals surface area contributed by atoms with Gasteiger partial charge in [-0.3, -0.25) is 9.59 Å². The van der Waals surface area contributed by atoms with Gasteiger partial charge in [-0.05, 0) is 65.6 Å². The van der Waals surface area contributed by atoms with Crippen LogP contribution in [-0.4, -0.2) is 26.2 Å². The van der Waals surface area contributed by atoms with Crippen LogP contribution in [0.5, 0.6) is 0 Å². The third-order valence-corrected chi connectivity index (χ3v) is 8.50. The molecule has 0 radical (unpaired) electrons. The minimum atomic E-state index is -0.939. The molecule has 0 saturated heterocycles. The Morgan fingerprint density at radius 2 is 1.25 bits per heavy atom. The monoisotopic (exact) mass is 274 g/mol. The highest BCUT2D eigenvalue weighted by molar-refractivity contribution is 6.02. The van der Waals surface area contributed by atoms with Crippen molar-refractivity contribution in [1.82, 2.24) is 0 Å². The summed E-state index contributed by atoms with van der Waals surface area (Å²) < 4.78 is 10.2. The number of carbonyl (C=O) groups excluding carboxylic acids is 2. The standard InChI is InChI=1S/C16H18O4/c1-19-14(17)16(15(18)20-2)12-8-4-3-5-7-6(4)10(12)11(7)13(16)9(5)8/h4-13H,3H2,1-2H3/t4-,5+,6-,7+,8-,9+,10+,11-,12-,13-/m1/s1. The van der Waals surface area contributed by atoms with E-state index in [4.69, 9.17) is 9.47 Å². The van der Waals surface area contributed by atoms with Crippen LogP contribution < -0.4 is 0 Å². The highest BCUT2D eigenvalue weighted by Crippen LogP contribution is 2.94. The second-order valence-electron chi connectivity index (χ2n) is 7.93. The van der Waals surface area contributed by atoms with Gasteiger partial charge in [-0.25, -0.2) is 0 Å². The van der Waals surface area contributed by atoms with Crippen molar-refractivity contribution in [3.05, 3.63) is 0 Å². The molecule has 0 unspecified atom stereocenters. The van der Waals surface area contributed by atoms with E-state index in [1.165, 1.54) is 20.6 Å². The van der Waals surface area contributed by atoms with E-state index in [-0.39, 0.29) is 23.8 Å². The summed E-state index contributed by atoms with van der Waals surface area (Å²) in [7, 11) is 2.84. The third kappa shape index (κ3) is 0.626. The van der Waals surface area contributed by atoms with Gasteiger partial charge in [-0.2, -0.15) is 0 Å². The van der Waals surface area contributed by atoms with Crippen LogP contribution in [0.15, 0.2) is 0 Å². The van der Waals surface area contributed by atoms with Crippen molar-refractivity contribution in [3.8, 4) is 0 Å². The second kappa shape index (κ2) is 2.67. The van der Waals surface area contributed by atoms with Crippen molar-refractivity contribution in [2.75, 3.05) is 14.2 Å². The van der Waals surface area contributed by atoms with Crippen molar-refractivity contribution in [2.24, 2.45) is 64.6 Å². The van der Waals surface area contributed by atoms with E-state index in [1.54, 1.807) is 0 Å². The predicted octanol–water partition coefficient (Wildman–Crippen LogP) is 0.952. The molecule has 7 saturated carbocycles. The molecule has 7 fully saturated rings. The van der Waals surface area contributed by atoms with E-state index in [9.17, 15) is 9.59 Å². The fourth-order valence-corrected chi connectivity index (χ4v) is 8.93. The van der Waals surface area contributed by atoms with Crippen LogP contribution in [0.25, 0.3) is 0 Å². The third-order valence-electron chi connectivity index (χ3n) is 8.50. The molecule has 7 aliphatic rings. The van der Waals surface area contributed by atoms with E-state index in [0.717, 1.165) is 23.7 Å². The maximum Gasteiger partial charge on any atom is 0.323 e. The van der Waals surface area contributed by atoms with Crippen LogP contribution in [0.2, 0.25) is 0 Å². The zero-order valence-electron chi connectivity index (χ0n) is 11.6. The molecule has 7 rings (SSSR count). The maximum absolute atomic E-state index is 12.6. The molecule has 20 heavy (non-hydrogen) atoms. The van der Waals surface area contributed by atoms with Crippen LogP contribution in [0, 0.1) is 64.6 Å². The minimum Gasteiger partial charge on any atom is -0.468 e. The Morgan fingerprint density at radius 3 is 1.65 bits per heavy atom. The van der Waals surface area contributed by atoms with Crippen molar-refractivity contribution < 1.29 is 19.1 Å². The summed E-state index contributed by atoms with van der Waals surface area (Å²) in [6.07, 6.45) is 1.38. The Balaban J connectivity index is 1.62. The van der Waals surface area contributed by atoms with Gasteiger partial charge in [0.05, 0.1) is 14.2 Å². The first-order valence-corrected chi connectivity index (χ1v) is 7.86. The van der Waals surface area contributed by atoms with Gasteiger partial charge >= 0.3 is 11.9 Å². The average Bonchev–Trinajstić information content (AvgIpc) is 3.08. The molecule has 4 heteroatoms. The summed E-state index contributed by atoms with van der Waals surface area (Å²) in [5.74, 6) is 5.64. The normalized spacial score (nSPS) is 63.1. The SMILES string of the molecule is COC(=O)C1(C(=O)OC)[C@H]2[C@H]3[C@@H]4[C@H]5C[C@H]6[C@@H]4[C@H]3[C@H]1[C@@H]6[C@@H]52. The summed E-state index contributed by atoms with van der Waals surface area (Å²) in [6, 6.07) is 0. The van der Waals surface area contributed by atoms with Crippen LogP contribution in [-0.2, 0) is 19.1 Å². The van der Waals surface area contributed by atoms with E-state index in [2.05, 4.69) is 0 Å². The molecule has 0 aromatic carbocycles. The molecule has 0 aromatic rings. The molecule has 7 aliphatic carbocycles. The predicted molar refractivity (Wildman–Crippen MR) is 66.0 cm³/mol. The van der Waals surface area contributed by atoms with Gasteiger partial charge in [0.15, 0.2) is 5.41 Å². The first kappa shape index (κ1) is 10.6. The molecule has 0 aromatic heterocycles. The number of rotatable bonds is 2. The largest absolute Gasteiger partial charge is 0.468 e. The minimum absolute atomic E-state index is 0.237. The maximum atomic E-state index is 12.6. The summed E-state index contributed by atoms with van der Waals surface area (Å²) >= 11 is 0. The molecular formula is C16H18O4. The van der Waals surface area contributed by atoms with E-state index < -0.39 is 5.41 Å². The van der Waals surface area contributed by atoms with Gasteiger partial charge < -0.3 is 9.47 Å². The van der Waals surface area contributed by atoms with Crippen LogP contribution in [0.3, 0.4) is 0 Å². The Kier molecular flexibility index (Phi) is 1.42. The molecule has 4 nitrogen and oxygen atoms in total. The Bertz CT molecular complexity index is 529. The Morgan fingerprint density at radius 1 is 0.800 bits per heavy atom. The fourth-order valence-electron chi connectivity index (χ4n) is 8.93. The number of ether oxygens (including phenoxy) is 2. The quantitative estimate of drug-likeness (QED) is 0.556. The number of methoxy groups -OCH3 is 2. The lowest BCUT2D eigenvalue weighted by molar-refractivity contribution is -0.174. The van der Waals surface area contributed by atoms with E-state index in [0.29, 0.717) is 23.7 Å². The van der Waals surface area contributed by atoms with Gasteiger partial charge in [0.2, 0.25) is 0 Å². The van der Waals surface area contributed by atoms with E-state index >= 15 is 0 Å². The molecule has 106 valence electrons.